The monoisotopic (exact) mass is 219 g/mol. The van der Waals surface area contributed by atoms with Gasteiger partial charge in [0.25, 0.3) is 0 Å². The fourth-order valence-corrected chi connectivity index (χ4v) is 2.14. The molecular formula is C4HBCl2F3S-. The molecule has 0 unspecified atom stereocenters. The van der Waals surface area contributed by atoms with E-state index in [1.807, 2.05) is 0 Å². The third-order valence-corrected chi connectivity index (χ3v) is 2.55. The van der Waals surface area contributed by atoms with Crippen LogP contribution in [0.4, 0.5) is 12.9 Å². The van der Waals surface area contributed by atoms with Crippen LogP contribution in [0.15, 0.2) is 6.07 Å². The largest absolute Gasteiger partial charge is 0.511 e. The van der Waals surface area contributed by atoms with Crippen LogP contribution in [0.25, 0.3) is 0 Å². The smallest absolute Gasteiger partial charge is 0.445 e. The van der Waals surface area contributed by atoms with E-state index in [9.17, 15) is 12.9 Å². The van der Waals surface area contributed by atoms with Crippen LogP contribution in [-0.2, 0) is 0 Å². The van der Waals surface area contributed by atoms with E-state index in [1.54, 1.807) is 0 Å². The molecule has 0 saturated heterocycles. The maximum absolute atomic E-state index is 12.0. The second-order valence-electron chi connectivity index (χ2n) is 1.85. The molecular weight excluding hydrogens is 219 g/mol. The van der Waals surface area contributed by atoms with Crippen molar-refractivity contribution in [1.29, 1.82) is 0 Å². The summed E-state index contributed by atoms with van der Waals surface area (Å²) in [5.41, 5.74) is -0.804. The van der Waals surface area contributed by atoms with Gasteiger partial charge in [-0.05, 0) is 0 Å². The lowest BCUT2D eigenvalue weighted by molar-refractivity contribution is 0.501. The van der Waals surface area contributed by atoms with Crippen LogP contribution < -0.4 is 5.46 Å². The lowest BCUT2D eigenvalue weighted by atomic mass is 9.83. The van der Waals surface area contributed by atoms with E-state index in [0.29, 0.717) is 0 Å². The summed E-state index contributed by atoms with van der Waals surface area (Å²) in [6.07, 6.45) is 0. The Morgan fingerprint density at radius 3 is 2.00 bits per heavy atom. The van der Waals surface area contributed by atoms with Gasteiger partial charge in [0.1, 0.15) is 0 Å². The van der Waals surface area contributed by atoms with Gasteiger partial charge < -0.3 is 12.9 Å². The number of hydrogen-bond donors (Lipinski definition) is 0. The van der Waals surface area contributed by atoms with E-state index in [2.05, 4.69) is 0 Å². The number of halogens is 5. The molecule has 62 valence electrons. The summed E-state index contributed by atoms with van der Waals surface area (Å²) in [6.45, 7) is -5.01. The van der Waals surface area contributed by atoms with Crippen molar-refractivity contribution in [1.82, 2.24) is 0 Å². The van der Waals surface area contributed by atoms with Crippen molar-refractivity contribution < 1.29 is 12.9 Å². The molecule has 1 rings (SSSR count). The van der Waals surface area contributed by atoms with Crippen molar-refractivity contribution in [3.05, 3.63) is 14.7 Å². The van der Waals surface area contributed by atoms with Gasteiger partial charge in [-0.1, -0.05) is 34.7 Å². The highest BCUT2D eigenvalue weighted by Gasteiger charge is 2.29. The van der Waals surface area contributed by atoms with E-state index < -0.39 is 12.4 Å². The van der Waals surface area contributed by atoms with E-state index in [-0.39, 0.29) is 8.67 Å². The van der Waals surface area contributed by atoms with Crippen molar-refractivity contribution in [2.75, 3.05) is 0 Å². The van der Waals surface area contributed by atoms with Crippen molar-refractivity contribution in [2.24, 2.45) is 0 Å². The molecule has 0 aliphatic carbocycles. The van der Waals surface area contributed by atoms with Gasteiger partial charge in [-0.2, -0.15) is 0 Å². The van der Waals surface area contributed by atoms with Gasteiger partial charge in [-0.25, -0.2) is 0 Å². The SMILES string of the molecule is F[B-](F)(F)c1cc(Cl)sc1Cl. The molecule has 0 amide bonds. The molecule has 11 heavy (non-hydrogen) atoms. The standard InChI is InChI=1S/C4HBCl2F3S/c6-3-1-2(4(7)11-3)5(8,9)10/h1H/q-1. The van der Waals surface area contributed by atoms with Crippen molar-refractivity contribution in [3.8, 4) is 0 Å². The van der Waals surface area contributed by atoms with Crippen molar-refractivity contribution >= 4 is 47.0 Å². The van der Waals surface area contributed by atoms with Gasteiger partial charge in [0, 0.05) is 0 Å². The van der Waals surface area contributed by atoms with Crippen LogP contribution >= 0.6 is 34.5 Å². The topological polar surface area (TPSA) is 0 Å². The first-order valence-electron chi connectivity index (χ1n) is 2.56. The van der Waals surface area contributed by atoms with Crippen LogP contribution in [0.1, 0.15) is 0 Å². The Balaban J connectivity index is 3.13. The molecule has 7 heteroatoms. The Labute approximate surface area is 75.0 Å². The van der Waals surface area contributed by atoms with Gasteiger partial charge >= 0.3 is 6.98 Å². The third-order valence-electron chi connectivity index (χ3n) is 1.04. The molecule has 0 bridgehead atoms. The zero-order chi connectivity index (χ0) is 8.65. The fourth-order valence-electron chi connectivity index (χ4n) is 0.576. The molecule has 0 aliphatic heterocycles. The Hall–Kier alpha value is 0.135. The summed E-state index contributed by atoms with van der Waals surface area (Å²) in [6, 6.07) is 0.842. The molecule has 0 N–H and O–H groups in total. The van der Waals surface area contributed by atoms with Crippen LogP contribution in [0.3, 0.4) is 0 Å². The van der Waals surface area contributed by atoms with E-state index in [1.165, 1.54) is 0 Å². The van der Waals surface area contributed by atoms with Gasteiger partial charge in [0.2, 0.25) is 0 Å². The minimum absolute atomic E-state index is 0.0594. The van der Waals surface area contributed by atoms with E-state index in [0.717, 1.165) is 17.4 Å². The Bertz CT molecular complexity index is 269. The van der Waals surface area contributed by atoms with Crippen LogP contribution in [0, 0.1) is 0 Å². The third kappa shape index (κ3) is 2.04. The number of rotatable bonds is 1. The first kappa shape index (κ1) is 9.22. The van der Waals surface area contributed by atoms with Gasteiger partial charge in [0.15, 0.2) is 0 Å². The maximum atomic E-state index is 12.0. The number of thiophene rings is 1. The molecule has 0 aliphatic rings. The molecule has 0 atom stereocenters. The molecule has 0 nitrogen and oxygen atoms in total. The summed E-state index contributed by atoms with van der Waals surface area (Å²) < 4.78 is 35.7. The molecule has 1 aromatic rings. The average molecular weight is 220 g/mol. The molecule has 1 heterocycles. The highest BCUT2D eigenvalue weighted by Crippen LogP contribution is 2.28. The zero-order valence-corrected chi connectivity index (χ0v) is 7.28. The fraction of sp³-hybridized carbons (Fsp3) is 0. The van der Waals surface area contributed by atoms with E-state index >= 15 is 0 Å². The zero-order valence-electron chi connectivity index (χ0n) is 4.95. The van der Waals surface area contributed by atoms with Gasteiger partial charge in [0.05, 0.1) is 8.67 Å². The molecule has 0 radical (unpaired) electrons. The Morgan fingerprint density at radius 2 is 1.82 bits per heavy atom. The highest BCUT2D eigenvalue weighted by atomic mass is 35.5. The quantitative estimate of drug-likeness (QED) is 0.637. The number of hydrogen-bond acceptors (Lipinski definition) is 1. The van der Waals surface area contributed by atoms with Gasteiger partial charge in [-0.15, -0.1) is 11.3 Å². The summed E-state index contributed by atoms with van der Waals surface area (Å²) in [7, 11) is 0. The second kappa shape index (κ2) is 2.88. The van der Waals surface area contributed by atoms with Crippen LogP contribution in [-0.4, -0.2) is 6.98 Å². The first-order valence-corrected chi connectivity index (χ1v) is 4.13. The maximum Gasteiger partial charge on any atom is 0.511 e. The minimum atomic E-state index is -5.01. The molecule has 0 fully saturated rings. The Morgan fingerprint density at radius 1 is 1.27 bits per heavy atom. The summed E-state index contributed by atoms with van der Waals surface area (Å²) in [5.74, 6) is 0. The molecule has 0 aromatic carbocycles. The molecule has 0 saturated carbocycles. The predicted molar refractivity (Wildman–Crippen MR) is 43.1 cm³/mol. The van der Waals surface area contributed by atoms with Crippen molar-refractivity contribution in [3.63, 3.8) is 0 Å². The highest BCUT2D eigenvalue weighted by molar-refractivity contribution is 7.21. The average Bonchev–Trinajstić information content (AvgIpc) is 2.08. The van der Waals surface area contributed by atoms with E-state index in [4.69, 9.17) is 23.2 Å². The summed E-state index contributed by atoms with van der Waals surface area (Å²) in [5, 5.41) is 0. The lowest BCUT2D eigenvalue weighted by Gasteiger charge is -2.11. The summed E-state index contributed by atoms with van der Waals surface area (Å²) >= 11 is 11.3. The lowest BCUT2D eigenvalue weighted by Crippen LogP contribution is -2.33. The van der Waals surface area contributed by atoms with Gasteiger partial charge in [-0.3, -0.25) is 0 Å². The second-order valence-corrected chi connectivity index (χ2v) is 4.14. The van der Waals surface area contributed by atoms with Crippen LogP contribution in [0.5, 0.6) is 0 Å². The Kier molecular flexibility index (Phi) is 2.42. The normalized spacial score (nSPS) is 12.1. The minimum Gasteiger partial charge on any atom is -0.445 e. The molecule has 1 aromatic heterocycles. The molecule has 0 spiro atoms. The van der Waals surface area contributed by atoms with Crippen LogP contribution in [0.2, 0.25) is 8.67 Å². The predicted octanol–water partition coefficient (Wildman–Crippen LogP) is 3.11. The first-order chi connectivity index (χ1) is 4.91. The summed E-state index contributed by atoms with van der Waals surface area (Å²) in [4.78, 5) is 0. The van der Waals surface area contributed by atoms with Crippen molar-refractivity contribution in [2.45, 2.75) is 0 Å².